The lowest BCUT2D eigenvalue weighted by atomic mass is 9.33. The van der Waals surface area contributed by atoms with Crippen molar-refractivity contribution >= 4 is 39.0 Å². The van der Waals surface area contributed by atoms with Gasteiger partial charge in [-0.2, -0.15) is 0 Å². The molecule has 2 nitrogen and oxygen atoms in total. The van der Waals surface area contributed by atoms with Gasteiger partial charge in [-0.25, -0.2) is 0 Å². The Kier molecular flexibility index (Phi) is 9.67. The van der Waals surface area contributed by atoms with E-state index in [1.165, 1.54) is 79.7 Å². The zero-order valence-corrected chi connectivity index (χ0v) is 43.1. The smallest absolute Gasteiger partial charge is 0.137 e. The first-order chi connectivity index (χ1) is 37.5. The molecule has 0 N–H and O–H groups in total. The molecule has 366 valence electrons. The van der Waals surface area contributed by atoms with Gasteiger partial charge in [0.05, 0.1) is 0 Å². The van der Waals surface area contributed by atoms with Gasteiger partial charge >= 0.3 is 0 Å². The molecule has 2 spiro atoms. The number of hydrogen-bond acceptors (Lipinski definition) is 2. The molecule has 0 saturated heterocycles. The summed E-state index contributed by atoms with van der Waals surface area (Å²) in [5, 5.41) is 2.29. The Morgan fingerprint density at radius 3 is 1.57 bits per heavy atom. The lowest BCUT2D eigenvalue weighted by Gasteiger charge is -2.70. The number of hydrogen-bond donors (Lipinski definition) is 0. The van der Waals surface area contributed by atoms with Gasteiger partial charge < -0.3 is 9.32 Å². The maximum absolute atomic E-state index is 6.68. The van der Waals surface area contributed by atoms with E-state index in [1.807, 2.05) is 0 Å². The van der Waals surface area contributed by atoms with Crippen molar-refractivity contribution in [3.05, 3.63) is 270 Å². The molecule has 3 saturated carbocycles. The van der Waals surface area contributed by atoms with Crippen molar-refractivity contribution in [3.63, 3.8) is 0 Å². The Bertz CT molecular complexity index is 4110. The second kappa shape index (κ2) is 16.6. The third-order valence-electron chi connectivity index (χ3n) is 19.7. The van der Waals surface area contributed by atoms with Gasteiger partial charge in [0.25, 0.3) is 0 Å². The van der Waals surface area contributed by atoms with Crippen molar-refractivity contribution < 1.29 is 4.42 Å². The molecule has 76 heavy (non-hydrogen) atoms. The Morgan fingerprint density at radius 1 is 0.368 bits per heavy atom. The highest BCUT2D eigenvalue weighted by Crippen LogP contribution is 2.77. The lowest BCUT2D eigenvalue weighted by molar-refractivity contribution is -0.0728. The zero-order chi connectivity index (χ0) is 50.2. The third-order valence-corrected chi connectivity index (χ3v) is 19.7. The lowest BCUT2D eigenvalue weighted by Crippen LogP contribution is -2.66. The highest BCUT2D eigenvalue weighted by Gasteiger charge is 2.70. The molecule has 1 heterocycles. The molecule has 2 heteroatoms. The van der Waals surface area contributed by atoms with Crippen LogP contribution in [0.15, 0.2) is 241 Å². The fraction of sp³-hybridized carbons (Fsp3) is 0.189. The molecule has 5 aliphatic carbocycles. The molecule has 0 radical (unpaired) electrons. The van der Waals surface area contributed by atoms with Gasteiger partial charge in [0.2, 0.25) is 0 Å². The van der Waals surface area contributed by atoms with Gasteiger partial charge in [0.15, 0.2) is 0 Å². The highest BCUT2D eigenvalue weighted by atomic mass is 16.3. The Balaban J connectivity index is 0.984. The van der Waals surface area contributed by atoms with Crippen molar-refractivity contribution in [2.45, 2.75) is 80.0 Å². The third kappa shape index (κ3) is 6.28. The number of nitrogens with zero attached hydrogens (tertiary/aromatic N) is 1. The standard InChI is InChI=1S/C74H59NO/c1-48-18-5-6-21-56(48)61-26-11-14-29-66(61)72-40-17-41-73-45-52(47-74(71(72)73)46-51(44-72)57-22-7-9-24-59(57)62-27-12-15-30-67(62)74)58-23-8-10-25-60(58)63-38-36-54(42-68(63)73)75(53-34-32-50(33-35-53)49-19-3-2-4-20-49)55-37-39-65-64-28-13-16-31-69(64)76-70(65)43-55/h2-16,18-39,42-43,51-52,71H,17,40-41,44-47H2,1H3. The monoisotopic (exact) mass is 977 g/mol. The van der Waals surface area contributed by atoms with Gasteiger partial charge in [-0.05, 0) is 184 Å². The van der Waals surface area contributed by atoms with E-state index >= 15 is 0 Å². The van der Waals surface area contributed by atoms with Crippen molar-refractivity contribution in [2.75, 3.05) is 4.90 Å². The topological polar surface area (TPSA) is 16.4 Å². The molecule has 5 aliphatic rings. The van der Waals surface area contributed by atoms with Crippen molar-refractivity contribution in [2.24, 2.45) is 5.92 Å². The number of benzene rings is 10. The number of aryl methyl sites for hydroxylation is 1. The summed E-state index contributed by atoms with van der Waals surface area (Å²) in [6.07, 6.45) is 8.08. The quantitative estimate of drug-likeness (QED) is 0.165. The van der Waals surface area contributed by atoms with Crippen LogP contribution in [0, 0.1) is 12.8 Å². The summed E-state index contributed by atoms with van der Waals surface area (Å²) in [5.41, 5.74) is 24.9. The van der Waals surface area contributed by atoms with Crippen LogP contribution in [-0.2, 0) is 16.2 Å². The number of anilines is 3. The maximum atomic E-state index is 6.68. The average Bonchev–Trinajstić information content (AvgIpc) is 3.82. The van der Waals surface area contributed by atoms with Crippen LogP contribution in [0.4, 0.5) is 17.1 Å². The molecule has 6 atom stereocenters. The molecule has 11 aromatic rings. The number of rotatable bonds is 6. The van der Waals surface area contributed by atoms with Crippen LogP contribution >= 0.6 is 0 Å². The van der Waals surface area contributed by atoms with E-state index in [2.05, 4.69) is 248 Å². The first kappa shape index (κ1) is 44.1. The minimum Gasteiger partial charge on any atom is -0.456 e. The normalized spacial score (nSPS) is 23.5. The molecule has 4 bridgehead atoms. The molecule has 16 rings (SSSR count). The average molecular weight is 978 g/mol. The highest BCUT2D eigenvalue weighted by molar-refractivity contribution is 6.06. The minimum absolute atomic E-state index is 0.120. The summed E-state index contributed by atoms with van der Waals surface area (Å²) < 4.78 is 6.68. The predicted octanol–water partition coefficient (Wildman–Crippen LogP) is 19.7. The van der Waals surface area contributed by atoms with Crippen LogP contribution in [0.2, 0.25) is 0 Å². The summed E-state index contributed by atoms with van der Waals surface area (Å²) in [4.78, 5) is 2.52. The Morgan fingerprint density at radius 2 is 0.855 bits per heavy atom. The van der Waals surface area contributed by atoms with Crippen LogP contribution in [0.5, 0.6) is 0 Å². The molecule has 6 unspecified atom stereocenters. The molecular weight excluding hydrogens is 919 g/mol. The van der Waals surface area contributed by atoms with Crippen LogP contribution < -0.4 is 4.90 Å². The fourth-order valence-electron chi connectivity index (χ4n) is 17.3. The van der Waals surface area contributed by atoms with E-state index in [0.717, 1.165) is 65.4 Å². The SMILES string of the molecule is Cc1ccccc1-c1ccccc1C12CCCC34CC(CC5(CC(C1)c1ccccc1-c1ccccc15)C23)c1ccccc1-c1ccc(N(c2ccc(-c3ccccc3)cc2)c2ccc3c(c2)oc2ccccc23)cc14. The van der Waals surface area contributed by atoms with E-state index in [0.29, 0.717) is 17.8 Å². The Hall–Kier alpha value is -8.20. The van der Waals surface area contributed by atoms with Gasteiger partial charge in [0.1, 0.15) is 11.2 Å². The molecule has 0 aliphatic heterocycles. The van der Waals surface area contributed by atoms with E-state index in [-0.39, 0.29) is 16.2 Å². The molecule has 10 aromatic carbocycles. The number of para-hydroxylation sites is 1. The second-order valence-electron chi connectivity index (χ2n) is 23.3. The predicted molar refractivity (Wildman–Crippen MR) is 314 cm³/mol. The summed E-state index contributed by atoms with van der Waals surface area (Å²) in [6, 6.07) is 90.9. The van der Waals surface area contributed by atoms with E-state index < -0.39 is 0 Å². The van der Waals surface area contributed by atoms with Crippen LogP contribution in [0.25, 0.3) is 66.4 Å². The molecule has 3 fully saturated rings. The van der Waals surface area contributed by atoms with E-state index in [9.17, 15) is 0 Å². The number of fused-ring (bicyclic) bond motifs is 13. The first-order valence-electron chi connectivity index (χ1n) is 27.9. The van der Waals surface area contributed by atoms with Crippen LogP contribution in [-0.4, -0.2) is 0 Å². The van der Waals surface area contributed by atoms with Gasteiger partial charge in [-0.15, -0.1) is 0 Å². The number of furan rings is 1. The second-order valence-corrected chi connectivity index (χ2v) is 23.3. The molecular formula is C74H59NO. The molecule has 0 amide bonds. The maximum Gasteiger partial charge on any atom is 0.137 e. The largest absolute Gasteiger partial charge is 0.456 e. The summed E-state index contributed by atoms with van der Waals surface area (Å²) in [6.45, 7) is 2.32. The van der Waals surface area contributed by atoms with Gasteiger partial charge in [0, 0.05) is 50.1 Å². The summed E-state index contributed by atoms with van der Waals surface area (Å²) in [7, 11) is 0. The van der Waals surface area contributed by atoms with Gasteiger partial charge in [-0.3, -0.25) is 0 Å². The van der Waals surface area contributed by atoms with Crippen molar-refractivity contribution in [1.82, 2.24) is 0 Å². The molecule has 1 aromatic heterocycles. The minimum atomic E-state index is -0.162. The van der Waals surface area contributed by atoms with Crippen LogP contribution in [0.3, 0.4) is 0 Å². The van der Waals surface area contributed by atoms with E-state index in [1.54, 1.807) is 16.7 Å². The zero-order valence-electron chi connectivity index (χ0n) is 43.1. The van der Waals surface area contributed by atoms with Crippen molar-refractivity contribution in [1.29, 1.82) is 0 Å². The first-order valence-corrected chi connectivity index (χ1v) is 27.9. The van der Waals surface area contributed by atoms with E-state index in [4.69, 9.17) is 4.42 Å². The summed E-state index contributed by atoms with van der Waals surface area (Å²) in [5.74, 6) is 1.11. The fourth-order valence-corrected chi connectivity index (χ4v) is 17.3. The Labute approximate surface area is 446 Å². The van der Waals surface area contributed by atoms with Crippen LogP contribution in [0.1, 0.15) is 90.2 Å². The van der Waals surface area contributed by atoms with Crippen molar-refractivity contribution in [3.8, 4) is 44.5 Å². The van der Waals surface area contributed by atoms with Gasteiger partial charge in [-0.1, -0.05) is 194 Å². The summed E-state index contributed by atoms with van der Waals surface area (Å²) >= 11 is 0.